The van der Waals surface area contributed by atoms with Gasteiger partial charge in [0, 0.05) is 30.5 Å². The Morgan fingerprint density at radius 2 is 1.64 bits per heavy atom. The van der Waals surface area contributed by atoms with Gasteiger partial charge in [-0.1, -0.05) is 45.4 Å². The lowest BCUT2D eigenvalue weighted by molar-refractivity contribution is -0.178. The molecule has 1 aromatic heterocycles. The molecule has 7 heteroatoms. The maximum Gasteiger partial charge on any atom is 0.309 e. The number of hydrogen-bond acceptors (Lipinski definition) is 6. The highest BCUT2D eigenvalue weighted by atomic mass is 16.5. The van der Waals surface area contributed by atoms with Crippen LogP contribution in [0.1, 0.15) is 96.8 Å². The first-order valence-corrected chi connectivity index (χ1v) is 16.1. The van der Waals surface area contributed by atoms with Crippen molar-refractivity contribution in [1.82, 2.24) is 4.98 Å². The zero-order valence-corrected chi connectivity index (χ0v) is 27.3. The molecule has 0 saturated heterocycles. The molecule has 7 atom stereocenters. The number of methoxy groups -OCH3 is 1. The number of fused-ring (bicyclic) bond motifs is 7. The molecule has 1 aromatic rings. The Labute approximate surface area is 261 Å². The number of ether oxygens (including phenoxy) is 1. The van der Waals surface area contributed by atoms with E-state index < -0.39 is 17.0 Å². The number of carboxylic acids is 1. The van der Waals surface area contributed by atoms with Gasteiger partial charge in [-0.15, -0.1) is 0 Å². The Morgan fingerprint density at radius 3 is 2.30 bits per heavy atom. The van der Waals surface area contributed by atoms with Crippen LogP contribution in [0.5, 0.6) is 0 Å². The molecule has 1 N–H and O–H groups in total. The number of hydrogen-bond donors (Lipinski definition) is 1. The van der Waals surface area contributed by atoms with Crippen molar-refractivity contribution in [2.75, 3.05) is 13.7 Å². The van der Waals surface area contributed by atoms with E-state index in [2.05, 4.69) is 49.8 Å². The van der Waals surface area contributed by atoms with Gasteiger partial charge in [-0.3, -0.25) is 24.4 Å². The van der Waals surface area contributed by atoms with Gasteiger partial charge in [0.15, 0.2) is 5.78 Å². The molecule has 3 saturated carbocycles. The first-order valence-electron chi connectivity index (χ1n) is 16.1. The molecule has 3 fully saturated rings. The normalized spacial score (nSPS) is 42.2. The molecule has 0 radical (unpaired) electrons. The number of aliphatic imine (C=N–C) groups is 1. The molecule has 0 aliphatic heterocycles. The summed E-state index contributed by atoms with van der Waals surface area (Å²) >= 11 is 0. The van der Waals surface area contributed by atoms with E-state index in [-0.39, 0.29) is 45.5 Å². The van der Waals surface area contributed by atoms with E-state index in [1.807, 2.05) is 13.8 Å². The average Bonchev–Trinajstić information content (AvgIpc) is 3.00. The summed E-state index contributed by atoms with van der Waals surface area (Å²) in [4.78, 5) is 47.7. The predicted molar refractivity (Wildman–Crippen MR) is 170 cm³/mol. The molecule has 6 rings (SSSR count). The van der Waals surface area contributed by atoms with Crippen LogP contribution < -0.4 is 0 Å². The van der Waals surface area contributed by atoms with E-state index >= 15 is 0 Å². The molecule has 5 aliphatic rings. The minimum Gasteiger partial charge on any atom is -0.481 e. The number of aliphatic carboxylic acids is 1. The van der Waals surface area contributed by atoms with Crippen LogP contribution in [0.3, 0.4) is 0 Å². The fourth-order valence-electron chi connectivity index (χ4n) is 10.0. The molecule has 0 amide bonds. The third kappa shape index (κ3) is 4.07. The molecule has 0 unspecified atom stereocenters. The fraction of sp³-hybridized carbons (Fsp3) is 0.595. The van der Waals surface area contributed by atoms with E-state index in [1.54, 1.807) is 37.7 Å². The highest BCUT2D eigenvalue weighted by Gasteiger charge is 2.67. The summed E-state index contributed by atoms with van der Waals surface area (Å²) in [6.45, 7) is 13.2. The monoisotopic (exact) mass is 598 g/mol. The summed E-state index contributed by atoms with van der Waals surface area (Å²) in [5, 5.41) is 10.2. The topological polar surface area (TPSA) is 106 Å². The van der Waals surface area contributed by atoms with E-state index in [0.29, 0.717) is 17.9 Å². The number of carbonyl (C=O) groups excluding carboxylic acids is 2. The van der Waals surface area contributed by atoms with Gasteiger partial charge >= 0.3 is 5.97 Å². The smallest absolute Gasteiger partial charge is 0.309 e. The number of carbonyl (C=O) groups is 3. The molecule has 0 bridgehead atoms. The van der Waals surface area contributed by atoms with Crippen molar-refractivity contribution in [2.45, 2.75) is 92.1 Å². The fourth-order valence-corrected chi connectivity index (χ4v) is 10.0. The second-order valence-corrected chi connectivity index (χ2v) is 15.5. The van der Waals surface area contributed by atoms with Gasteiger partial charge in [0.2, 0.25) is 5.78 Å². The summed E-state index contributed by atoms with van der Waals surface area (Å²) in [5.74, 6) is -0.781. The number of aromatic nitrogens is 1. The third-order valence-corrected chi connectivity index (χ3v) is 13.4. The van der Waals surface area contributed by atoms with Crippen molar-refractivity contribution in [2.24, 2.45) is 38.0 Å². The molecule has 0 spiro atoms. The van der Waals surface area contributed by atoms with Crippen LogP contribution in [0.4, 0.5) is 0 Å². The lowest BCUT2D eigenvalue weighted by Gasteiger charge is -2.70. The lowest BCUT2D eigenvalue weighted by Crippen LogP contribution is -2.62. The van der Waals surface area contributed by atoms with Crippen molar-refractivity contribution in [3.8, 4) is 0 Å². The number of allylic oxidation sites excluding steroid dienone is 4. The number of rotatable bonds is 5. The van der Waals surface area contributed by atoms with Gasteiger partial charge in [0.05, 0.1) is 5.41 Å². The quantitative estimate of drug-likeness (QED) is 0.366. The zero-order chi connectivity index (χ0) is 31.9. The Kier molecular flexibility index (Phi) is 6.94. The standard InChI is InChI=1S/C37H46N2O5/c1-32-12-13-33(2,31(42)43)21-29(32)36(5)17-15-34(3)25-20-26(40)30(39-22-27(41)23-10-18-38-19-11-23)37(6,44-7)24(25)8-9-28(34)35(36,4)16-14-32/h8-11,18-20,29H,12-17,21-22H2,1-7H3,(H,42,43)/t29-,32-,33-,34+,35-,36+,37+/m1/s1. The molecule has 7 nitrogen and oxygen atoms in total. The van der Waals surface area contributed by atoms with Gasteiger partial charge < -0.3 is 9.84 Å². The van der Waals surface area contributed by atoms with Crippen molar-refractivity contribution in [1.29, 1.82) is 0 Å². The van der Waals surface area contributed by atoms with E-state index in [0.717, 1.165) is 49.7 Å². The molecule has 44 heavy (non-hydrogen) atoms. The van der Waals surface area contributed by atoms with E-state index in [1.165, 1.54) is 5.57 Å². The SMILES string of the molecule is CO[C@@]1(C)C2=CC=C3[C@@](C)(CC[C@@]4(C)[C@@H]5C[C@](C)(C(=O)O)CC[C@]5(C)CC[C@]34C)C2=CC(=O)C1=NCC(=O)c1ccncc1. The van der Waals surface area contributed by atoms with Crippen molar-refractivity contribution in [3.63, 3.8) is 0 Å². The average molecular weight is 599 g/mol. The van der Waals surface area contributed by atoms with Crippen LogP contribution in [0.15, 0.2) is 64.5 Å². The molecular weight excluding hydrogens is 552 g/mol. The Balaban J connectivity index is 1.41. The van der Waals surface area contributed by atoms with Crippen LogP contribution >= 0.6 is 0 Å². The number of ketones is 2. The van der Waals surface area contributed by atoms with Crippen molar-refractivity contribution in [3.05, 3.63) is 65.0 Å². The number of Topliss-reactive ketones (excluding diaryl/α,β-unsaturated/α-hetero) is 1. The van der Waals surface area contributed by atoms with Crippen LogP contribution in [-0.4, -0.2) is 52.6 Å². The molecule has 1 heterocycles. The van der Waals surface area contributed by atoms with Crippen LogP contribution in [0, 0.1) is 33.0 Å². The minimum atomic E-state index is -1.09. The molecule has 0 aromatic carbocycles. The van der Waals surface area contributed by atoms with Crippen LogP contribution in [0.25, 0.3) is 0 Å². The maximum atomic E-state index is 13.9. The largest absolute Gasteiger partial charge is 0.481 e. The summed E-state index contributed by atoms with van der Waals surface area (Å²) < 4.78 is 6.11. The molecule has 5 aliphatic carbocycles. The number of pyridine rings is 1. The van der Waals surface area contributed by atoms with Crippen LogP contribution in [-0.2, 0) is 14.3 Å². The van der Waals surface area contributed by atoms with E-state index in [4.69, 9.17) is 4.74 Å². The summed E-state index contributed by atoms with van der Waals surface area (Å²) in [6, 6.07) is 3.30. The van der Waals surface area contributed by atoms with Gasteiger partial charge in [-0.05, 0) is 110 Å². The van der Waals surface area contributed by atoms with E-state index in [9.17, 15) is 19.5 Å². The van der Waals surface area contributed by atoms with Gasteiger partial charge in [-0.2, -0.15) is 0 Å². The van der Waals surface area contributed by atoms with Gasteiger partial charge in [0.1, 0.15) is 17.9 Å². The van der Waals surface area contributed by atoms with Crippen LogP contribution in [0.2, 0.25) is 0 Å². The number of carboxylic acid groups (broad SMARTS) is 1. The predicted octanol–water partition coefficient (Wildman–Crippen LogP) is 6.99. The minimum absolute atomic E-state index is 0.0719. The first-order chi connectivity index (χ1) is 20.6. The lowest BCUT2D eigenvalue weighted by atomic mass is 9.34. The van der Waals surface area contributed by atoms with Crippen molar-refractivity contribution < 1.29 is 24.2 Å². The third-order valence-electron chi connectivity index (χ3n) is 13.4. The molecular formula is C37H46N2O5. The van der Waals surface area contributed by atoms with Gasteiger partial charge in [0.25, 0.3) is 0 Å². The summed E-state index contributed by atoms with van der Waals surface area (Å²) in [7, 11) is 1.60. The second kappa shape index (κ2) is 9.90. The number of nitrogens with zero attached hydrogens (tertiary/aromatic N) is 2. The Hall–Kier alpha value is -3.19. The zero-order valence-electron chi connectivity index (χ0n) is 27.3. The Morgan fingerprint density at radius 1 is 0.955 bits per heavy atom. The van der Waals surface area contributed by atoms with Crippen molar-refractivity contribution >= 4 is 23.2 Å². The van der Waals surface area contributed by atoms with Gasteiger partial charge in [-0.25, -0.2) is 0 Å². The summed E-state index contributed by atoms with van der Waals surface area (Å²) in [5.41, 5.74) is 1.74. The highest BCUT2D eigenvalue weighted by molar-refractivity contribution is 6.49. The second-order valence-electron chi connectivity index (χ2n) is 15.5. The first kappa shape index (κ1) is 30.8. The Bertz CT molecular complexity index is 1570. The highest BCUT2D eigenvalue weighted by Crippen LogP contribution is 2.75. The maximum absolute atomic E-state index is 13.9. The summed E-state index contributed by atoms with van der Waals surface area (Å²) in [6.07, 6.45) is 15.6. The molecule has 234 valence electrons.